The van der Waals surface area contributed by atoms with Crippen molar-refractivity contribution in [2.45, 2.75) is 33.1 Å². The molecule has 0 spiro atoms. The van der Waals surface area contributed by atoms with Crippen LogP contribution in [-0.2, 0) is 9.53 Å². The zero-order valence-electron chi connectivity index (χ0n) is 8.02. The van der Waals surface area contributed by atoms with Crippen LogP contribution in [0.2, 0.25) is 0 Å². The minimum atomic E-state index is -0.0660. The van der Waals surface area contributed by atoms with Gasteiger partial charge in [-0.15, -0.1) is 0 Å². The lowest BCUT2D eigenvalue weighted by molar-refractivity contribution is -0.143. The molecule has 2 nitrogen and oxygen atoms in total. The van der Waals surface area contributed by atoms with Gasteiger partial charge in [-0.1, -0.05) is 11.1 Å². The molecule has 0 radical (unpaired) electrons. The van der Waals surface area contributed by atoms with Gasteiger partial charge in [0.1, 0.15) is 0 Å². The van der Waals surface area contributed by atoms with Crippen LogP contribution in [0.25, 0.3) is 0 Å². The van der Waals surface area contributed by atoms with E-state index in [1.807, 2.05) is 0 Å². The molecule has 0 aliphatic heterocycles. The monoisotopic (exact) mass is 168 g/mol. The van der Waals surface area contributed by atoms with Crippen LogP contribution in [0, 0.1) is 5.92 Å². The van der Waals surface area contributed by atoms with Gasteiger partial charge in [0.2, 0.25) is 0 Å². The van der Waals surface area contributed by atoms with Crippen LogP contribution < -0.4 is 0 Å². The van der Waals surface area contributed by atoms with E-state index in [2.05, 4.69) is 13.8 Å². The Morgan fingerprint density at radius 2 is 2.17 bits per heavy atom. The molecule has 1 aliphatic rings. The topological polar surface area (TPSA) is 26.3 Å². The summed E-state index contributed by atoms with van der Waals surface area (Å²) in [6, 6.07) is 0. The molecule has 0 aromatic rings. The number of ether oxygens (including phenoxy) is 1. The maximum atomic E-state index is 11.3. The lowest BCUT2D eigenvalue weighted by Crippen LogP contribution is -2.14. The summed E-state index contributed by atoms with van der Waals surface area (Å²) >= 11 is 0. The normalized spacial score (nSPS) is 22.6. The molecule has 0 saturated heterocycles. The highest BCUT2D eigenvalue weighted by Gasteiger charge is 2.28. The summed E-state index contributed by atoms with van der Waals surface area (Å²) in [5, 5.41) is 0. The van der Waals surface area contributed by atoms with Gasteiger partial charge in [0.05, 0.1) is 13.0 Å². The Hall–Kier alpha value is -0.790. The Morgan fingerprint density at radius 3 is 2.67 bits per heavy atom. The third-order valence-corrected chi connectivity index (χ3v) is 2.49. The minimum absolute atomic E-state index is 0.0556. The molecule has 0 aromatic heterocycles. The lowest BCUT2D eigenvalue weighted by Gasteiger charge is -2.10. The van der Waals surface area contributed by atoms with E-state index < -0.39 is 0 Å². The first kappa shape index (κ1) is 9.30. The largest absolute Gasteiger partial charge is 0.469 e. The van der Waals surface area contributed by atoms with Gasteiger partial charge in [-0.05, 0) is 33.1 Å². The second-order valence-corrected chi connectivity index (χ2v) is 3.49. The Kier molecular flexibility index (Phi) is 2.90. The second-order valence-electron chi connectivity index (χ2n) is 3.49. The summed E-state index contributed by atoms with van der Waals surface area (Å²) < 4.78 is 4.74. The van der Waals surface area contributed by atoms with E-state index >= 15 is 0 Å². The van der Waals surface area contributed by atoms with Crippen molar-refractivity contribution in [3.8, 4) is 0 Å². The Balaban J connectivity index is 2.78. The van der Waals surface area contributed by atoms with E-state index in [1.165, 1.54) is 18.3 Å². The van der Waals surface area contributed by atoms with Crippen LogP contribution in [0.5, 0.6) is 0 Å². The van der Waals surface area contributed by atoms with Crippen LogP contribution in [0.4, 0.5) is 0 Å². The standard InChI is InChI=1S/C10H16O2/c1-7(2)8-5-4-6-9(8)10(11)12-3/h9H,4-6H2,1-3H3. The summed E-state index contributed by atoms with van der Waals surface area (Å²) in [4.78, 5) is 11.3. The first-order valence-electron chi connectivity index (χ1n) is 4.41. The lowest BCUT2D eigenvalue weighted by atomic mass is 9.99. The maximum Gasteiger partial charge on any atom is 0.312 e. The molecule has 1 unspecified atom stereocenters. The summed E-state index contributed by atoms with van der Waals surface area (Å²) in [5.41, 5.74) is 2.57. The van der Waals surface area contributed by atoms with Gasteiger partial charge in [-0.25, -0.2) is 0 Å². The molecule has 1 atom stereocenters. The number of hydrogen-bond acceptors (Lipinski definition) is 2. The van der Waals surface area contributed by atoms with Gasteiger partial charge in [-0.2, -0.15) is 0 Å². The fraction of sp³-hybridized carbons (Fsp3) is 0.700. The van der Waals surface area contributed by atoms with Crippen LogP contribution in [0.1, 0.15) is 33.1 Å². The number of rotatable bonds is 1. The number of carbonyl (C=O) groups excluding carboxylic acids is 1. The third-order valence-electron chi connectivity index (χ3n) is 2.49. The minimum Gasteiger partial charge on any atom is -0.469 e. The molecule has 68 valence electrons. The smallest absolute Gasteiger partial charge is 0.312 e. The average molecular weight is 168 g/mol. The second kappa shape index (κ2) is 3.74. The van der Waals surface area contributed by atoms with Gasteiger partial charge in [0.25, 0.3) is 0 Å². The molecule has 0 aromatic carbocycles. The van der Waals surface area contributed by atoms with Gasteiger partial charge in [-0.3, -0.25) is 4.79 Å². The molecule has 0 heterocycles. The molecule has 0 N–H and O–H groups in total. The molecule has 1 fully saturated rings. The van der Waals surface area contributed by atoms with Crippen LogP contribution >= 0.6 is 0 Å². The van der Waals surface area contributed by atoms with Gasteiger partial charge >= 0.3 is 5.97 Å². The average Bonchev–Trinajstić information content (AvgIpc) is 2.50. The van der Waals surface area contributed by atoms with Crippen LogP contribution in [0.3, 0.4) is 0 Å². The van der Waals surface area contributed by atoms with Crippen molar-refractivity contribution in [3.63, 3.8) is 0 Å². The number of methoxy groups -OCH3 is 1. The summed E-state index contributed by atoms with van der Waals surface area (Å²) in [7, 11) is 1.46. The van der Waals surface area contributed by atoms with Crippen molar-refractivity contribution in [2.24, 2.45) is 5.92 Å². The van der Waals surface area contributed by atoms with Gasteiger partial charge < -0.3 is 4.74 Å². The highest BCUT2D eigenvalue weighted by molar-refractivity contribution is 5.76. The Labute approximate surface area is 73.6 Å². The molecule has 1 saturated carbocycles. The maximum absolute atomic E-state index is 11.3. The number of carbonyl (C=O) groups is 1. The first-order valence-corrected chi connectivity index (χ1v) is 4.41. The third kappa shape index (κ3) is 1.68. The summed E-state index contributed by atoms with van der Waals surface area (Å²) in [6.07, 6.45) is 3.16. The Bertz CT molecular complexity index is 212. The van der Waals surface area contributed by atoms with E-state index in [9.17, 15) is 4.79 Å². The fourth-order valence-electron chi connectivity index (χ4n) is 1.85. The highest BCUT2D eigenvalue weighted by atomic mass is 16.5. The van der Waals surface area contributed by atoms with Crippen LogP contribution in [0.15, 0.2) is 11.1 Å². The molecular formula is C10H16O2. The zero-order chi connectivity index (χ0) is 9.14. The van der Waals surface area contributed by atoms with Crippen molar-refractivity contribution in [2.75, 3.05) is 7.11 Å². The first-order chi connectivity index (χ1) is 5.66. The van der Waals surface area contributed by atoms with Gasteiger partial charge in [0.15, 0.2) is 0 Å². The molecule has 2 heteroatoms. The SMILES string of the molecule is COC(=O)C1CCCC1=C(C)C. The van der Waals surface area contributed by atoms with Crippen molar-refractivity contribution in [1.29, 1.82) is 0 Å². The van der Waals surface area contributed by atoms with Crippen molar-refractivity contribution >= 4 is 5.97 Å². The number of allylic oxidation sites excluding steroid dienone is 1. The van der Waals surface area contributed by atoms with E-state index in [0.717, 1.165) is 19.3 Å². The molecule has 1 aliphatic carbocycles. The van der Waals surface area contributed by atoms with E-state index in [4.69, 9.17) is 4.74 Å². The highest BCUT2D eigenvalue weighted by Crippen LogP contribution is 2.33. The number of esters is 1. The van der Waals surface area contributed by atoms with Gasteiger partial charge in [0, 0.05) is 0 Å². The summed E-state index contributed by atoms with van der Waals surface area (Å²) in [5.74, 6) is -0.0105. The molecule has 0 bridgehead atoms. The van der Waals surface area contributed by atoms with E-state index in [1.54, 1.807) is 0 Å². The molecule has 1 rings (SSSR count). The molecule has 12 heavy (non-hydrogen) atoms. The Morgan fingerprint density at radius 1 is 1.50 bits per heavy atom. The zero-order valence-corrected chi connectivity index (χ0v) is 8.02. The van der Waals surface area contributed by atoms with Crippen molar-refractivity contribution in [1.82, 2.24) is 0 Å². The predicted molar refractivity (Wildman–Crippen MR) is 47.7 cm³/mol. The van der Waals surface area contributed by atoms with Crippen LogP contribution in [-0.4, -0.2) is 13.1 Å². The number of hydrogen-bond donors (Lipinski definition) is 0. The van der Waals surface area contributed by atoms with Crippen molar-refractivity contribution in [3.05, 3.63) is 11.1 Å². The van der Waals surface area contributed by atoms with E-state index in [0.29, 0.717) is 0 Å². The van der Waals surface area contributed by atoms with E-state index in [-0.39, 0.29) is 11.9 Å². The fourth-order valence-corrected chi connectivity index (χ4v) is 1.85. The quantitative estimate of drug-likeness (QED) is 0.443. The summed E-state index contributed by atoms with van der Waals surface area (Å²) in [6.45, 7) is 4.13. The molecular weight excluding hydrogens is 152 g/mol. The predicted octanol–water partition coefficient (Wildman–Crippen LogP) is 2.30. The molecule has 0 amide bonds. The van der Waals surface area contributed by atoms with Crippen molar-refractivity contribution < 1.29 is 9.53 Å².